The van der Waals surface area contributed by atoms with Crippen molar-refractivity contribution in [2.75, 3.05) is 0 Å². The Bertz CT molecular complexity index is 549. The summed E-state index contributed by atoms with van der Waals surface area (Å²) < 4.78 is 6.86. The highest BCUT2D eigenvalue weighted by atomic mass is 127. The van der Waals surface area contributed by atoms with Crippen LogP contribution in [-0.2, 0) is 6.42 Å². The molecule has 1 N–H and O–H groups in total. The number of halogens is 1. The van der Waals surface area contributed by atoms with E-state index in [4.69, 9.17) is 4.74 Å². The molecule has 0 saturated carbocycles. The fraction of sp³-hybridized carbons (Fsp3) is 0.294. The summed E-state index contributed by atoms with van der Waals surface area (Å²) in [5.41, 5.74) is 2.02. The van der Waals surface area contributed by atoms with Gasteiger partial charge in [0.2, 0.25) is 0 Å². The van der Waals surface area contributed by atoms with E-state index in [1.807, 2.05) is 38.1 Å². The third-order valence-corrected chi connectivity index (χ3v) is 3.68. The zero-order chi connectivity index (χ0) is 14.5. The van der Waals surface area contributed by atoms with Gasteiger partial charge in [-0.2, -0.15) is 0 Å². The Morgan fingerprint density at radius 1 is 1.10 bits per heavy atom. The van der Waals surface area contributed by atoms with E-state index in [0.717, 1.165) is 16.9 Å². The summed E-state index contributed by atoms with van der Waals surface area (Å²) in [7, 11) is 0. The molecular formula is C17H19IO2. The number of hydrogen-bond acceptors (Lipinski definition) is 2. The molecule has 0 heterocycles. The molecule has 0 amide bonds. The van der Waals surface area contributed by atoms with E-state index >= 15 is 0 Å². The molecule has 3 heteroatoms. The lowest BCUT2D eigenvalue weighted by Crippen LogP contribution is -2.07. The van der Waals surface area contributed by atoms with Crippen LogP contribution in [0.15, 0.2) is 48.5 Å². The Morgan fingerprint density at radius 2 is 1.80 bits per heavy atom. The standard InChI is InChI=1S/C17H19IO2/c1-12(2)20-16-5-3-4-14(11-16)17(19)10-13-6-8-15(18)9-7-13/h3-9,11-12,17,19H,10H2,1-2H3. The van der Waals surface area contributed by atoms with Gasteiger partial charge in [-0.15, -0.1) is 0 Å². The molecule has 0 radical (unpaired) electrons. The number of aliphatic hydroxyl groups is 1. The Labute approximate surface area is 133 Å². The van der Waals surface area contributed by atoms with Crippen molar-refractivity contribution >= 4 is 22.6 Å². The first-order valence-electron chi connectivity index (χ1n) is 6.73. The number of rotatable bonds is 5. The monoisotopic (exact) mass is 382 g/mol. The van der Waals surface area contributed by atoms with Crippen molar-refractivity contribution in [1.82, 2.24) is 0 Å². The van der Waals surface area contributed by atoms with Crippen LogP contribution in [0.4, 0.5) is 0 Å². The molecule has 2 nitrogen and oxygen atoms in total. The second-order valence-corrected chi connectivity index (χ2v) is 6.33. The average Bonchev–Trinajstić information content (AvgIpc) is 2.41. The van der Waals surface area contributed by atoms with Crippen molar-refractivity contribution in [3.05, 3.63) is 63.2 Å². The van der Waals surface area contributed by atoms with Gasteiger partial charge in [-0.05, 0) is 71.8 Å². The average molecular weight is 382 g/mol. The zero-order valence-corrected chi connectivity index (χ0v) is 13.9. The highest BCUT2D eigenvalue weighted by Gasteiger charge is 2.10. The lowest BCUT2D eigenvalue weighted by molar-refractivity contribution is 0.177. The highest BCUT2D eigenvalue weighted by Crippen LogP contribution is 2.23. The SMILES string of the molecule is CC(C)Oc1cccc(C(O)Cc2ccc(I)cc2)c1. The second kappa shape index (κ2) is 7.09. The number of ether oxygens (including phenoxy) is 1. The van der Waals surface area contributed by atoms with Gasteiger partial charge in [0.05, 0.1) is 12.2 Å². The van der Waals surface area contributed by atoms with Crippen LogP contribution in [-0.4, -0.2) is 11.2 Å². The number of aliphatic hydroxyl groups excluding tert-OH is 1. The van der Waals surface area contributed by atoms with E-state index in [-0.39, 0.29) is 6.10 Å². The molecule has 2 aromatic carbocycles. The van der Waals surface area contributed by atoms with Crippen molar-refractivity contribution in [3.8, 4) is 5.75 Å². The largest absolute Gasteiger partial charge is 0.491 e. The van der Waals surface area contributed by atoms with Gasteiger partial charge in [0.15, 0.2) is 0 Å². The molecule has 1 atom stereocenters. The van der Waals surface area contributed by atoms with Crippen LogP contribution in [0.5, 0.6) is 5.75 Å². The maximum atomic E-state index is 10.3. The molecule has 0 bridgehead atoms. The van der Waals surface area contributed by atoms with Gasteiger partial charge >= 0.3 is 0 Å². The summed E-state index contributed by atoms with van der Waals surface area (Å²) in [6, 6.07) is 15.9. The van der Waals surface area contributed by atoms with Gasteiger partial charge < -0.3 is 9.84 Å². The summed E-state index contributed by atoms with van der Waals surface area (Å²) in [4.78, 5) is 0. The molecule has 106 valence electrons. The predicted octanol–water partition coefficient (Wildman–Crippen LogP) is 4.35. The van der Waals surface area contributed by atoms with E-state index in [9.17, 15) is 5.11 Å². The first-order valence-corrected chi connectivity index (χ1v) is 7.81. The van der Waals surface area contributed by atoms with Gasteiger partial charge in [0, 0.05) is 9.99 Å². The van der Waals surface area contributed by atoms with E-state index in [1.54, 1.807) is 0 Å². The molecule has 0 spiro atoms. The Hall–Kier alpha value is -1.07. The molecule has 0 saturated heterocycles. The molecule has 20 heavy (non-hydrogen) atoms. The minimum atomic E-state index is -0.509. The van der Waals surface area contributed by atoms with Crippen LogP contribution in [0.3, 0.4) is 0 Å². The van der Waals surface area contributed by atoms with Crippen LogP contribution in [0, 0.1) is 3.57 Å². The third-order valence-electron chi connectivity index (χ3n) is 2.96. The van der Waals surface area contributed by atoms with Gasteiger partial charge in [-0.25, -0.2) is 0 Å². The van der Waals surface area contributed by atoms with Crippen molar-refractivity contribution in [2.24, 2.45) is 0 Å². The summed E-state index contributed by atoms with van der Waals surface area (Å²) >= 11 is 2.28. The second-order valence-electron chi connectivity index (χ2n) is 5.09. The first kappa shape index (κ1) is 15.3. The minimum Gasteiger partial charge on any atom is -0.491 e. The van der Waals surface area contributed by atoms with Crippen molar-refractivity contribution in [3.63, 3.8) is 0 Å². The Kier molecular flexibility index (Phi) is 5.43. The third kappa shape index (κ3) is 4.49. The molecular weight excluding hydrogens is 363 g/mol. The first-order chi connectivity index (χ1) is 9.54. The van der Waals surface area contributed by atoms with Crippen molar-refractivity contribution < 1.29 is 9.84 Å². The summed E-state index contributed by atoms with van der Waals surface area (Å²) in [5, 5.41) is 10.3. The zero-order valence-electron chi connectivity index (χ0n) is 11.7. The number of benzene rings is 2. The van der Waals surface area contributed by atoms with E-state index < -0.39 is 6.10 Å². The van der Waals surface area contributed by atoms with E-state index in [2.05, 4.69) is 46.9 Å². The molecule has 0 aromatic heterocycles. The van der Waals surface area contributed by atoms with E-state index in [0.29, 0.717) is 6.42 Å². The van der Waals surface area contributed by atoms with Gasteiger partial charge in [0.25, 0.3) is 0 Å². The van der Waals surface area contributed by atoms with Crippen molar-refractivity contribution in [1.29, 1.82) is 0 Å². The fourth-order valence-electron chi connectivity index (χ4n) is 2.03. The van der Waals surface area contributed by atoms with Crippen LogP contribution < -0.4 is 4.74 Å². The molecule has 1 unspecified atom stereocenters. The van der Waals surface area contributed by atoms with Crippen molar-refractivity contribution in [2.45, 2.75) is 32.5 Å². The maximum Gasteiger partial charge on any atom is 0.120 e. The molecule has 2 rings (SSSR count). The lowest BCUT2D eigenvalue weighted by atomic mass is 10.0. The van der Waals surface area contributed by atoms with Crippen LogP contribution in [0.25, 0.3) is 0 Å². The fourth-order valence-corrected chi connectivity index (χ4v) is 2.39. The summed E-state index contributed by atoms with van der Waals surface area (Å²) in [6.07, 6.45) is 0.242. The molecule has 0 aliphatic carbocycles. The Morgan fingerprint density at radius 3 is 2.45 bits per heavy atom. The summed E-state index contributed by atoms with van der Waals surface area (Å²) in [5.74, 6) is 0.805. The molecule has 0 aliphatic heterocycles. The topological polar surface area (TPSA) is 29.5 Å². The van der Waals surface area contributed by atoms with Gasteiger partial charge in [-0.1, -0.05) is 24.3 Å². The van der Waals surface area contributed by atoms with Crippen LogP contribution in [0.1, 0.15) is 31.1 Å². The maximum absolute atomic E-state index is 10.3. The van der Waals surface area contributed by atoms with Crippen LogP contribution in [0.2, 0.25) is 0 Å². The molecule has 0 fully saturated rings. The van der Waals surface area contributed by atoms with Gasteiger partial charge in [-0.3, -0.25) is 0 Å². The molecule has 0 aliphatic rings. The minimum absolute atomic E-state index is 0.138. The molecule has 2 aromatic rings. The van der Waals surface area contributed by atoms with Crippen LogP contribution >= 0.6 is 22.6 Å². The number of hydrogen-bond donors (Lipinski definition) is 1. The van der Waals surface area contributed by atoms with Gasteiger partial charge in [0.1, 0.15) is 5.75 Å². The summed E-state index contributed by atoms with van der Waals surface area (Å²) in [6.45, 7) is 3.99. The lowest BCUT2D eigenvalue weighted by Gasteiger charge is -2.14. The van der Waals surface area contributed by atoms with E-state index in [1.165, 1.54) is 3.57 Å². The smallest absolute Gasteiger partial charge is 0.120 e. The highest BCUT2D eigenvalue weighted by molar-refractivity contribution is 14.1. The predicted molar refractivity (Wildman–Crippen MR) is 90.0 cm³/mol. The normalized spacial score (nSPS) is 12.4. The Balaban J connectivity index is 2.08. The quantitative estimate of drug-likeness (QED) is 0.779.